The van der Waals surface area contributed by atoms with Gasteiger partial charge in [-0.15, -0.1) is 11.3 Å². The van der Waals surface area contributed by atoms with E-state index in [9.17, 15) is 9.59 Å². The average Bonchev–Trinajstić information content (AvgIpc) is 2.68. The summed E-state index contributed by atoms with van der Waals surface area (Å²) in [5.41, 5.74) is 1.83. The van der Waals surface area contributed by atoms with E-state index in [0.29, 0.717) is 17.8 Å². The third kappa shape index (κ3) is 2.29. The van der Waals surface area contributed by atoms with Crippen molar-refractivity contribution in [1.29, 1.82) is 0 Å². The molecule has 0 spiro atoms. The molecule has 0 unspecified atom stereocenters. The fraction of sp³-hybridized carbons (Fsp3) is 0.438. The summed E-state index contributed by atoms with van der Waals surface area (Å²) in [5, 5.41) is 0.663. The van der Waals surface area contributed by atoms with Crippen LogP contribution in [0.15, 0.2) is 18.2 Å². The molecule has 0 bridgehead atoms. The second-order valence-electron chi connectivity index (χ2n) is 6.41. The number of hydrogen-bond acceptors (Lipinski definition) is 4. The molecule has 4 heteroatoms. The number of aromatic nitrogens is 1. The second-order valence-corrected chi connectivity index (χ2v) is 7.47. The molecule has 104 valence electrons. The molecule has 20 heavy (non-hydrogen) atoms. The number of fused-ring (bicyclic) bond motifs is 1. The van der Waals surface area contributed by atoms with Crippen LogP contribution in [-0.4, -0.2) is 16.6 Å². The van der Waals surface area contributed by atoms with E-state index in [2.05, 4.69) is 11.1 Å². The van der Waals surface area contributed by atoms with Gasteiger partial charge in [-0.2, -0.15) is 0 Å². The molecule has 0 amide bonds. The van der Waals surface area contributed by atoms with Gasteiger partial charge in [-0.1, -0.05) is 19.9 Å². The Morgan fingerprint density at radius 1 is 1.20 bits per heavy atom. The van der Waals surface area contributed by atoms with E-state index in [0.717, 1.165) is 15.8 Å². The molecule has 0 atom stereocenters. The standard InChI is InChI=1S/C16H17NO2S/c1-9-4-5-10-13(6-9)20-15(17-10)14-11(18)7-16(2,3)8-12(14)19/h4-6,14H,7-8H2,1-3H3. The lowest BCUT2D eigenvalue weighted by molar-refractivity contribution is -0.135. The minimum atomic E-state index is -0.638. The van der Waals surface area contributed by atoms with E-state index in [1.807, 2.05) is 32.9 Å². The van der Waals surface area contributed by atoms with Crippen molar-refractivity contribution in [3.63, 3.8) is 0 Å². The van der Waals surface area contributed by atoms with Crippen molar-refractivity contribution >= 4 is 33.1 Å². The van der Waals surface area contributed by atoms with Crippen LogP contribution in [0.25, 0.3) is 10.2 Å². The van der Waals surface area contributed by atoms with Crippen molar-refractivity contribution in [2.24, 2.45) is 5.41 Å². The average molecular weight is 287 g/mol. The highest BCUT2D eigenvalue weighted by Gasteiger charge is 2.41. The van der Waals surface area contributed by atoms with Gasteiger partial charge in [-0.25, -0.2) is 4.98 Å². The molecule has 0 aliphatic heterocycles. The molecule has 0 N–H and O–H groups in total. The normalized spacial score (nSPS) is 19.8. The Kier molecular flexibility index (Phi) is 3.01. The molecule has 1 aliphatic rings. The number of Topliss-reactive ketones (excluding diaryl/α,β-unsaturated/α-hetero) is 2. The molecule has 1 saturated carbocycles. The smallest absolute Gasteiger partial charge is 0.150 e. The first-order valence-corrected chi connectivity index (χ1v) is 7.60. The Hall–Kier alpha value is -1.55. The van der Waals surface area contributed by atoms with Crippen molar-refractivity contribution < 1.29 is 9.59 Å². The van der Waals surface area contributed by atoms with Crippen LogP contribution >= 0.6 is 11.3 Å². The zero-order valence-corrected chi connectivity index (χ0v) is 12.7. The molecule has 3 nitrogen and oxygen atoms in total. The van der Waals surface area contributed by atoms with E-state index in [1.165, 1.54) is 11.3 Å². The fourth-order valence-corrected chi connectivity index (χ4v) is 4.05. The van der Waals surface area contributed by atoms with E-state index < -0.39 is 5.92 Å². The number of benzene rings is 1. The van der Waals surface area contributed by atoms with Crippen molar-refractivity contribution in [2.75, 3.05) is 0 Å². The molecular weight excluding hydrogens is 270 g/mol. The van der Waals surface area contributed by atoms with Crippen LogP contribution in [0.3, 0.4) is 0 Å². The predicted octanol–water partition coefficient (Wildman–Crippen LogP) is 3.65. The molecule has 1 fully saturated rings. The van der Waals surface area contributed by atoms with Gasteiger partial charge in [0, 0.05) is 12.8 Å². The number of thiazole rings is 1. The fourth-order valence-electron chi connectivity index (χ4n) is 2.84. The van der Waals surface area contributed by atoms with Gasteiger partial charge in [0.25, 0.3) is 0 Å². The highest BCUT2D eigenvalue weighted by Crippen LogP contribution is 2.40. The predicted molar refractivity (Wildman–Crippen MR) is 80.1 cm³/mol. The number of nitrogens with zero attached hydrogens (tertiary/aromatic N) is 1. The molecule has 1 aromatic carbocycles. The number of aryl methyl sites for hydroxylation is 1. The van der Waals surface area contributed by atoms with E-state index in [4.69, 9.17) is 0 Å². The Bertz CT molecular complexity index is 694. The first-order chi connectivity index (χ1) is 9.35. The summed E-state index contributed by atoms with van der Waals surface area (Å²) in [4.78, 5) is 29.1. The zero-order valence-electron chi connectivity index (χ0n) is 11.9. The maximum absolute atomic E-state index is 12.3. The van der Waals surface area contributed by atoms with E-state index >= 15 is 0 Å². The van der Waals surface area contributed by atoms with Gasteiger partial charge in [0.1, 0.15) is 10.9 Å². The Balaban J connectivity index is 2.02. The molecule has 0 saturated heterocycles. The maximum atomic E-state index is 12.3. The van der Waals surface area contributed by atoms with Crippen molar-refractivity contribution in [1.82, 2.24) is 4.98 Å². The van der Waals surface area contributed by atoms with E-state index in [1.54, 1.807) is 0 Å². The summed E-state index contributed by atoms with van der Waals surface area (Å²) >= 11 is 1.47. The minimum absolute atomic E-state index is 0.0158. The molecule has 1 aromatic heterocycles. The summed E-state index contributed by atoms with van der Waals surface area (Å²) in [5.74, 6) is -0.607. The lowest BCUT2D eigenvalue weighted by atomic mass is 9.72. The molecule has 3 rings (SSSR count). The topological polar surface area (TPSA) is 47.0 Å². The molecule has 1 heterocycles. The van der Waals surface area contributed by atoms with Crippen molar-refractivity contribution in [2.45, 2.75) is 39.5 Å². The lowest BCUT2D eigenvalue weighted by Gasteiger charge is -2.31. The highest BCUT2D eigenvalue weighted by atomic mass is 32.1. The maximum Gasteiger partial charge on any atom is 0.150 e. The first-order valence-electron chi connectivity index (χ1n) is 6.78. The Labute approximate surface area is 122 Å². The zero-order chi connectivity index (χ0) is 14.5. The number of ketones is 2. The van der Waals surface area contributed by atoms with Crippen LogP contribution in [0.1, 0.15) is 43.2 Å². The van der Waals surface area contributed by atoms with Crippen LogP contribution in [0.5, 0.6) is 0 Å². The van der Waals surface area contributed by atoms with Crippen molar-refractivity contribution in [3.8, 4) is 0 Å². The molecule has 0 radical (unpaired) electrons. The van der Waals surface area contributed by atoms with Gasteiger partial charge in [0.2, 0.25) is 0 Å². The highest BCUT2D eigenvalue weighted by molar-refractivity contribution is 7.18. The summed E-state index contributed by atoms with van der Waals surface area (Å²) in [6.07, 6.45) is 0.913. The minimum Gasteiger partial charge on any atom is -0.298 e. The summed E-state index contributed by atoms with van der Waals surface area (Å²) in [7, 11) is 0. The van der Waals surface area contributed by atoms with Crippen molar-refractivity contribution in [3.05, 3.63) is 28.8 Å². The quantitative estimate of drug-likeness (QED) is 0.752. The van der Waals surface area contributed by atoms with Gasteiger partial charge in [-0.3, -0.25) is 9.59 Å². The third-order valence-electron chi connectivity index (χ3n) is 3.76. The van der Waals surface area contributed by atoms with Crippen LogP contribution in [-0.2, 0) is 9.59 Å². The van der Waals surface area contributed by atoms with Gasteiger partial charge in [-0.05, 0) is 30.0 Å². The number of rotatable bonds is 1. The van der Waals surface area contributed by atoms with Gasteiger partial charge < -0.3 is 0 Å². The monoisotopic (exact) mass is 287 g/mol. The van der Waals surface area contributed by atoms with Gasteiger partial charge >= 0.3 is 0 Å². The van der Waals surface area contributed by atoms with Crippen LogP contribution < -0.4 is 0 Å². The molecule has 2 aromatic rings. The van der Waals surface area contributed by atoms with Crippen LogP contribution in [0.4, 0.5) is 0 Å². The molecular formula is C16H17NO2S. The van der Waals surface area contributed by atoms with E-state index in [-0.39, 0.29) is 17.0 Å². The Morgan fingerprint density at radius 3 is 2.50 bits per heavy atom. The number of carbonyl (C=O) groups excluding carboxylic acids is 2. The summed E-state index contributed by atoms with van der Waals surface area (Å²) in [6, 6.07) is 6.00. The number of carbonyl (C=O) groups is 2. The van der Waals surface area contributed by atoms with Gasteiger partial charge in [0.15, 0.2) is 11.6 Å². The third-order valence-corrected chi connectivity index (χ3v) is 4.84. The van der Waals surface area contributed by atoms with Gasteiger partial charge in [0.05, 0.1) is 10.2 Å². The SMILES string of the molecule is Cc1ccc2nc(C3C(=O)CC(C)(C)CC3=O)sc2c1. The molecule has 1 aliphatic carbocycles. The largest absolute Gasteiger partial charge is 0.298 e. The van der Waals surface area contributed by atoms with Crippen LogP contribution in [0.2, 0.25) is 0 Å². The lowest BCUT2D eigenvalue weighted by Crippen LogP contribution is -2.35. The summed E-state index contributed by atoms with van der Waals surface area (Å²) < 4.78 is 1.05. The number of hydrogen-bond donors (Lipinski definition) is 0. The summed E-state index contributed by atoms with van der Waals surface area (Å²) in [6.45, 7) is 5.97. The second kappa shape index (κ2) is 4.48. The first kappa shape index (κ1) is 13.4. The Morgan fingerprint density at radius 2 is 1.85 bits per heavy atom. The van der Waals surface area contributed by atoms with Crippen LogP contribution in [0, 0.1) is 12.3 Å².